The van der Waals surface area contributed by atoms with Crippen molar-refractivity contribution in [2.45, 2.75) is 6.42 Å². The summed E-state index contributed by atoms with van der Waals surface area (Å²) in [6.07, 6.45) is 2.47. The quantitative estimate of drug-likeness (QED) is 0.746. The average molecular weight is 206 g/mol. The molecule has 0 atom stereocenters. The monoisotopic (exact) mass is 206 g/mol. The Morgan fingerprint density at radius 1 is 1.19 bits per heavy atom. The number of nitriles is 2. The highest BCUT2D eigenvalue weighted by atomic mass is 14.3. The molecule has 0 heterocycles. The van der Waals surface area contributed by atoms with Gasteiger partial charge in [0, 0.05) is 6.42 Å². The Bertz CT molecular complexity index is 539. The SMILES string of the molecule is C=C1C(CC(C#N)C#N)=Cc2ccccc21. The Balaban J connectivity index is 2.27. The molecule has 0 bridgehead atoms. The first-order chi connectivity index (χ1) is 7.76. The fourth-order valence-corrected chi connectivity index (χ4v) is 1.87. The third-order valence-corrected chi connectivity index (χ3v) is 2.74. The third-order valence-electron chi connectivity index (χ3n) is 2.74. The van der Waals surface area contributed by atoms with Crippen LogP contribution in [0.5, 0.6) is 0 Å². The predicted molar refractivity (Wildman–Crippen MR) is 62.8 cm³/mol. The zero-order valence-corrected chi connectivity index (χ0v) is 8.77. The van der Waals surface area contributed by atoms with Crippen LogP contribution in [0, 0.1) is 28.6 Å². The summed E-state index contributed by atoms with van der Waals surface area (Å²) in [6, 6.07) is 11.9. The topological polar surface area (TPSA) is 47.6 Å². The highest BCUT2D eigenvalue weighted by Crippen LogP contribution is 2.36. The first kappa shape index (κ1) is 10.2. The van der Waals surface area contributed by atoms with Gasteiger partial charge in [-0.2, -0.15) is 10.5 Å². The van der Waals surface area contributed by atoms with Crippen molar-refractivity contribution in [3.05, 3.63) is 47.5 Å². The largest absolute Gasteiger partial charge is 0.197 e. The first-order valence-corrected chi connectivity index (χ1v) is 5.04. The maximum Gasteiger partial charge on any atom is 0.137 e. The fourth-order valence-electron chi connectivity index (χ4n) is 1.87. The van der Waals surface area contributed by atoms with Gasteiger partial charge in [0.25, 0.3) is 0 Å². The minimum absolute atomic E-state index is 0.459. The molecule has 2 rings (SSSR count). The summed E-state index contributed by atoms with van der Waals surface area (Å²) >= 11 is 0. The summed E-state index contributed by atoms with van der Waals surface area (Å²) < 4.78 is 0. The second kappa shape index (κ2) is 4.04. The van der Waals surface area contributed by atoms with E-state index >= 15 is 0 Å². The highest BCUT2D eigenvalue weighted by molar-refractivity contribution is 5.93. The van der Waals surface area contributed by atoms with E-state index in [4.69, 9.17) is 10.5 Å². The van der Waals surface area contributed by atoms with Gasteiger partial charge in [-0.25, -0.2) is 0 Å². The summed E-state index contributed by atoms with van der Waals surface area (Å²) in [5.41, 5.74) is 4.16. The minimum Gasteiger partial charge on any atom is -0.197 e. The van der Waals surface area contributed by atoms with Crippen molar-refractivity contribution in [1.29, 1.82) is 10.5 Å². The van der Waals surface area contributed by atoms with Crippen molar-refractivity contribution in [2.24, 2.45) is 5.92 Å². The predicted octanol–water partition coefficient (Wildman–Crippen LogP) is 3.15. The van der Waals surface area contributed by atoms with Gasteiger partial charge in [0.15, 0.2) is 0 Å². The van der Waals surface area contributed by atoms with Crippen LogP contribution in [-0.2, 0) is 0 Å². The molecule has 1 aromatic rings. The molecule has 0 fully saturated rings. The van der Waals surface area contributed by atoms with E-state index in [0.29, 0.717) is 6.42 Å². The van der Waals surface area contributed by atoms with Crippen LogP contribution in [-0.4, -0.2) is 0 Å². The van der Waals surface area contributed by atoms with Gasteiger partial charge in [0.1, 0.15) is 5.92 Å². The number of fused-ring (bicyclic) bond motifs is 1. The number of hydrogen-bond donors (Lipinski definition) is 0. The van der Waals surface area contributed by atoms with Crippen molar-refractivity contribution in [1.82, 2.24) is 0 Å². The van der Waals surface area contributed by atoms with Gasteiger partial charge < -0.3 is 0 Å². The molecular weight excluding hydrogens is 196 g/mol. The maximum atomic E-state index is 8.76. The molecule has 1 aliphatic rings. The normalized spacial score (nSPS) is 12.9. The lowest BCUT2D eigenvalue weighted by molar-refractivity contribution is 0.847. The van der Waals surface area contributed by atoms with E-state index in [9.17, 15) is 0 Å². The average Bonchev–Trinajstić information content (AvgIpc) is 2.64. The van der Waals surface area contributed by atoms with Gasteiger partial charge in [-0.05, 0) is 22.3 Å². The molecule has 76 valence electrons. The summed E-state index contributed by atoms with van der Waals surface area (Å²) in [7, 11) is 0. The van der Waals surface area contributed by atoms with E-state index in [-0.39, 0.29) is 0 Å². The second-order valence-corrected chi connectivity index (χ2v) is 3.75. The molecule has 0 amide bonds. The van der Waals surface area contributed by atoms with Crippen LogP contribution in [0.15, 0.2) is 36.4 Å². The number of benzene rings is 1. The van der Waals surface area contributed by atoms with Crippen LogP contribution in [0.2, 0.25) is 0 Å². The molecule has 16 heavy (non-hydrogen) atoms. The van der Waals surface area contributed by atoms with Crippen LogP contribution in [0.1, 0.15) is 17.5 Å². The van der Waals surface area contributed by atoms with Crippen molar-refractivity contribution in [3.63, 3.8) is 0 Å². The van der Waals surface area contributed by atoms with Gasteiger partial charge in [-0.3, -0.25) is 0 Å². The first-order valence-electron chi connectivity index (χ1n) is 5.04. The van der Waals surface area contributed by atoms with E-state index < -0.39 is 5.92 Å². The van der Waals surface area contributed by atoms with Crippen LogP contribution >= 0.6 is 0 Å². The van der Waals surface area contributed by atoms with Gasteiger partial charge in [-0.1, -0.05) is 36.9 Å². The molecular formula is C14H10N2. The molecule has 0 spiro atoms. The Kier molecular flexibility index (Phi) is 2.58. The van der Waals surface area contributed by atoms with E-state index in [1.807, 2.05) is 42.5 Å². The summed E-state index contributed by atoms with van der Waals surface area (Å²) in [6.45, 7) is 4.01. The molecule has 2 nitrogen and oxygen atoms in total. The molecule has 0 aromatic heterocycles. The smallest absolute Gasteiger partial charge is 0.137 e. The molecule has 1 aliphatic carbocycles. The molecule has 0 radical (unpaired) electrons. The van der Waals surface area contributed by atoms with Gasteiger partial charge in [0.05, 0.1) is 12.1 Å². The number of rotatable bonds is 2. The molecule has 0 aliphatic heterocycles. The van der Waals surface area contributed by atoms with Crippen molar-refractivity contribution in [3.8, 4) is 12.1 Å². The lowest BCUT2D eigenvalue weighted by Gasteiger charge is -2.04. The Morgan fingerprint density at radius 3 is 2.50 bits per heavy atom. The molecule has 0 N–H and O–H groups in total. The lowest BCUT2D eigenvalue weighted by atomic mass is 9.97. The van der Waals surface area contributed by atoms with Crippen LogP contribution in [0.3, 0.4) is 0 Å². The second-order valence-electron chi connectivity index (χ2n) is 3.75. The number of nitrogens with zero attached hydrogens (tertiary/aromatic N) is 2. The van der Waals surface area contributed by atoms with E-state index in [1.165, 1.54) is 0 Å². The number of hydrogen-bond acceptors (Lipinski definition) is 2. The third kappa shape index (κ3) is 1.62. The molecule has 0 saturated heterocycles. The standard InChI is InChI=1S/C14H10N2/c1-10-13(6-11(8-15)9-16)7-12-4-2-3-5-14(10)12/h2-5,7,11H,1,6H2. The zero-order valence-electron chi connectivity index (χ0n) is 8.77. The molecule has 0 saturated carbocycles. The van der Waals surface area contributed by atoms with Crippen LogP contribution in [0.25, 0.3) is 11.6 Å². The van der Waals surface area contributed by atoms with E-state index in [2.05, 4.69) is 6.58 Å². The van der Waals surface area contributed by atoms with Crippen LogP contribution < -0.4 is 0 Å². The summed E-state index contributed by atoms with van der Waals surface area (Å²) in [5, 5.41) is 17.5. The Labute approximate surface area is 94.8 Å². The zero-order chi connectivity index (χ0) is 11.5. The van der Waals surface area contributed by atoms with Crippen LogP contribution in [0.4, 0.5) is 0 Å². The molecule has 0 unspecified atom stereocenters. The Hall–Kier alpha value is -2.32. The van der Waals surface area contributed by atoms with Gasteiger partial charge in [-0.15, -0.1) is 0 Å². The van der Waals surface area contributed by atoms with E-state index in [1.54, 1.807) is 0 Å². The van der Waals surface area contributed by atoms with Gasteiger partial charge in [0.2, 0.25) is 0 Å². The van der Waals surface area contributed by atoms with Crippen molar-refractivity contribution < 1.29 is 0 Å². The van der Waals surface area contributed by atoms with Crippen molar-refractivity contribution >= 4 is 11.6 Å². The van der Waals surface area contributed by atoms with Gasteiger partial charge >= 0.3 is 0 Å². The highest BCUT2D eigenvalue weighted by Gasteiger charge is 2.19. The van der Waals surface area contributed by atoms with Crippen molar-refractivity contribution in [2.75, 3.05) is 0 Å². The molecule has 1 aromatic carbocycles. The summed E-state index contributed by atoms with van der Waals surface area (Å²) in [5.74, 6) is -0.586. The fraction of sp³-hybridized carbons (Fsp3) is 0.143. The van der Waals surface area contributed by atoms with E-state index in [0.717, 1.165) is 22.3 Å². The lowest BCUT2D eigenvalue weighted by Crippen LogP contribution is -1.94. The molecule has 2 heteroatoms. The Morgan fingerprint density at radius 2 is 1.88 bits per heavy atom. The number of allylic oxidation sites excluding steroid dienone is 2. The summed E-state index contributed by atoms with van der Waals surface area (Å²) in [4.78, 5) is 0. The minimum atomic E-state index is -0.586. The maximum absolute atomic E-state index is 8.76.